The van der Waals surface area contributed by atoms with Crippen LogP contribution < -0.4 is 10.5 Å². The molecule has 0 bridgehead atoms. The summed E-state index contributed by atoms with van der Waals surface area (Å²) < 4.78 is 46.0. The van der Waals surface area contributed by atoms with E-state index in [-0.39, 0.29) is 17.9 Å². The third-order valence-corrected chi connectivity index (χ3v) is 3.81. The number of rotatable bonds is 3. The summed E-state index contributed by atoms with van der Waals surface area (Å²) in [6.45, 7) is 0.156. The van der Waals surface area contributed by atoms with Crippen LogP contribution in [0.1, 0.15) is 31.2 Å². The maximum Gasteiger partial charge on any atom is 0.168 e. The summed E-state index contributed by atoms with van der Waals surface area (Å²) in [6, 6.07) is 0.511. The van der Waals surface area contributed by atoms with E-state index in [2.05, 4.69) is 0 Å². The molecule has 0 aromatic heterocycles. The van der Waals surface area contributed by atoms with Gasteiger partial charge in [0.2, 0.25) is 0 Å². The fraction of sp³-hybridized carbons (Fsp3) is 0.538. The Bertz CT molecular complexity index is 456. The van der Waals surface area contributed by atoms with Crippen LogP contribution in [0, 0.1) is 17.5 Å². The van der Waals surface area contributed by atoms with Crippen molar-refractivity contribution >= 4 is 0 Å². The van der Waals surface area contributed by atoms with Crippen LogP contribution >= 0.6 is 0 Å². The second-order valence-electron chi connectivity index (χ2n) is 4.75. The highest BCUT2D eigenvalue weighted by Crippen LogP contribution is 2.46. The zero-order valence-electron chi connectivity index (χ0n) is 10.2. The second kappa shape index (κ2) is 4.80. The lowest BCUT2D eigenvalue weighted by molar-refractivity contribution is 0.334. The summed E-state index contributed by atoms with van der Waals surface area (Å²) in [6.07, 6.45) is 3.00. The molecule has 2 nitrogen and oxygen atoms in total. The van der Waals surface area contributed by atoms with Crippen molar-refractivity contribution in [3.63, 3.8) is 0 Å². The van der Waals surface area contributed by atoms with Crippen LogP contribution in [0.4, 0.5) is 13.2 Å². The Morgan fingerprint density at radius 1 is 1.22 bits per heavy atom. The van der Waals surface area contributed by atoms with Gasteiger partial charge in [-0.15, -0.1) is 0 Å². The minimum Gasteiger partial charge on any atom is -0.493 e. The van der Waals surface area contributed by atoms with Gasteiger partial charge in [0.25, 0.3) is 0 Å². The van der Waals surface area contributed by atoms with Crippen LogP contribution in [-0.4, -0.2) is 13.7 Å². The first kappa shape index (κ1) is 13.2. The zero-order chi connectivity index (χ0) is 13.3. The molecule has 0 radical (unpaired) electrons. The topological polar surface area (TPSA) is 35.2 Å². The number of methoxy groups -OCH3 is 1. The van der Waals surface area contributed by atoms with E-state index in [1.807, 2.05) is 0 Å². The molecule has 2 N–H and O–H groups in total. The first-order valence-electron chi connectivity index (χ1n) is 5.98. The molecule has 0 amide bonds. The standard InChI is InChI=1S/C13H16F3NO/c1-18-12-9(15)6-8(14)11(16)10(12)13(7-17)4-2-3-5-13/h6H,2-5,7,17H2,1H3. The lowest BCUT2D eigenvalue weighted by Crippen LogP contribution is -2.34. The number of hydrogen-bond acceptors (Lipinski definition) is 2. The summed E-state index contributed by atoms with van der Waals surface area (Å²) in [5.41, 5.74) is 4.98. The molecule has 1 aromatic carbocycles. The van der Waals surface area contributed by atoms with Crippen molar-refractivity contribution in [2.75, 3.05) is 13.7 Å². The van der Waals surface area contributed by atoms with E-state index in [1.165, 1.54) is 7.11 Å². The minimum atomic E-state index is -1.19. The quantitative estimate of drug-likeness (QED) is 0.847. The molecule has 0 saturated heterocycles. The molecule has 0 unspecified atom stereocenters. The molecule has 0 heterocycles. The van der Waals surface area contributed by atoms with Crippen LogP contribution in [0.15, 0.2) is 6.07 Å². The molecule has 18 heavy (non-hydrogen) atoms. The van der Waals surface area contributed by atoms with Gasteiger partial charge in [-0.2, -0.15) is 0 Å². The van der Waals surface area contributed by atoms with Crippen LogP contribution in [0.2, 0.25) is 0 Å². The molecule has 1 aromatic rings. The van der Waals surface area contributed by atoms with Gasteiger partial charge in [0.05, 0.1) is 7.11 Å². The van der Waals surface area contributed by atoms with Crippen LogP contribution in [0.25, 0.3) is 0 Å². The summed E-state index contributed by atoms with van der Waals surface area (Å²) >= 11 is 0. The monoisotopic (exact) mass is 259 g/mol. The molecule has 1 aliphatic rings. The van der Waals surface area contributed by atoms with Crippen molar-refractivity contribution in [3.05, 3.63) is 29.1 Å². The highest BCUT2D eigenvalue weighted by molar-refractivity contribution is 5.43. The average molecular weight is 259 g/mol. The van der Waals surface area contributed by atoms with Crippen molar-refractivity contribution in [3.8, 4) is 5.75 Å². The third kappa shape index (κ3) is 1.86. The SMILES string of the molecule is COc1c(F)cc(F)c(F)c1C1(CN)CCCC1. The fourth-order valence-electron chi connectivity index (χ4n) is 2.86. The Hall–Kier alpha value is -1.23. The summed E-state index contributed by atoms with van der Waals surface area (Å²) in [5.74, 6) is -3.34. The number of halogens is 3. The zero-order valence-corrected chi connectivity index (χ0v) is 10.2. The van der Waals surface area contributed by atoms with Crippen molar-refractivity contribution in [2.45, 2.75) is 31.1 Å². The smallest absolute Gasteiger partial charge is 0.168 e. The summed E-state index contributed by atoms with van der Waals surface area (Å²) in [7, 11) is 1.25. The van der Waals surface area contributed by atoms with E-state index in [0.29, 0.717) is 18.9 Å². The van der Waals surface area contributed by atoms with Gasteiger partial charge in [0, 0.05) is 23.6 Å². The molecule has 100 valence electrons. The molecule has 1 fully saturated rings. The lowest BCUT2D eigenvalue weighted by atomic mass is 9.78. The first-order chi connectivity index (χ1) is 8.55. The number of hydrogen-bond donors (Lipinski definition) is 1. The molecule has 0 aliphatic heterocycles. The van der Waals surface area contributed by atoms with Gasteiger partial charge >= 0.3 is 0 Å². The maximum atomic E-state index is 14.0. The molecule has 1 aliphatic carbocycles. The normalized spacial score (nSPS) is 18.1. The molecular weight excluding hydrogens is 243 g/mol. The van der Waals surface area contributed by atoms with Gasteiger partial charge in [-0.1, -0.05) is 12.8 Å². The van der Waals surface area contributed by atoms with E-state index in [1.54, 1.807) is 0 Å². The van der Waals surface area contributed by atoms with E-state index in [4.69, 9.17) is 10.5 Å². The second-order valence-corrected chi connectivity index (χ2v) is 4.75. The minimum absolute atomic E-state index is 0.0394. The highest BCUT2D eigenvalue weighted by Gasteiger charge is 2.41. The van der Waals surface area contributed by atoms with Crippen molar-refractivity contribution in [1.29, 1.82) is 0 Å². The number of ether oxygens (including phenoxy) is 1. The fourth-order valence-corrected chi connectivity index (χ4v) is 2.86. The highest BCUT2D eigenvalue weighted by atomic mass is 19.2. The van der Waals surface area contributed by atoms with Crippen LogP contribution in [0.5, 0.6) is 5.75 Å². The van der Waals surface area contributed by atoms with E-state index < -0.39 is 22.9 Å². The van der Waals surface area contributed by atoms with Crippen molar-refractivity contribution in [1.82, 2.24) is 0 Å². The summed E-state index contributed by atoms with van der Waals surface area (Å²) in [5, 5.41) is 0. The van der Waals surface area contributed by atoms with Gasteiger partial charge in [0.1, 0.15) is 0 Å². The number of nitrogens with two attached hydrogens (primary N) is 1. The summed E-state index contributed by atoms with van der Waals surface area (Å²) in [4.78, 5) is 0. The van der Waals surface area contributed by atoms with E-state index in [0.717, 1.165) is 12.8 Å². The number of benzene rings is 1. The van der Waals surface area contributed by atoms with Gasteiger partial charge in [0.15, 0.2) is 23.2 Å². The maximum absolute atomic E-state index is 14.0. The Kier molecular flexibility index (Phi) is 3.52. The predicted molar refractivity (Wildman–Crippen MR) is 62.1 cm³/mol. The molecular formula is C13H16F3NO. The Morgan fingerprint density at radius 3 is 2.33 bits per heavy atom. The van der Waals surface area contributed by atoms with Gasteiger partial charge in [-0.05, 0) is 12.8 Å². The Labute approximate surface area is 104 Å². The lowest BCUT2D eigenvalue weighted by Gasteiger charge is -2.30. The molecule has 0 atom stereocenters. The van der Waals surface area contributed by atoms with Gasteiger partial charge in [-0.3, -0.25) is 0 Å². The van der Waals surface area contributed by atoms with Crippen molar-refractivity contribution in [2.24, 2.45) is 5.73 Å². The Morgan fingerprint density at radius 2 is 1.83 bits per heavy atom. The largest absolute Gasteiger partial charge is 0.493 e. The van der Waals surface area contributed by atoms with Crippen LogP contribution in [0.3, 0.4) is 0 Å². The predicted octanol–water partition coefficient (Wildman–Crippen LogP) is 2.88. The average Bonchev–Trinajstić information content (AvgIpc) is 2.83. The van der Waals surface area contributed by atoms with E-state index >= 15 is 0 Å². The van der Waals surface area contributed by atoms with Gasteiger partial charge in [-0.25, -0.2) is 13.2 Å². The van der Waals surface area contributed by atoms with Crippen LogP contribution in [-0.2, 0) is 5.41 Å². The third-order valence-electron chi connectivity index (χ3n) is 3.81. The van der Waals surface area contributed by atoms with Crippen molar-refractivity contribution < 1.29 is 17.9 Å². The van der Waals surface area contributed by atoms with Gasteiger partial charge < -0.3 is 10.5 Å². The first-order valence-corrected chi connectivity index (χ1v) is 5.98. The Balaban J connectivity index is 2.67. The van der Waals surface area contributed by atoms with E-state index in [9.17, 15) is 13.2 Å². The molecule has 2 rings (SSSR count). The molecule has 5 heteroatoms. The molecule has 0 spiro atoms. The molecule has 1 saturated carbocycles.